The monoisotopic (exact) mass is 252 g/mol. The Labute approximate surface area is 110 Å². The first-order valence-corrected chi connectivity index (χ1v) is 5.64. The molecule has 0 aliphatic heterocycles. The topological polar surface area (TPSA) is 91.8 Å². The van der Waals surface area contributed by atoms with Crippen LogP contribution in [-0.4, -0.2) is 10.9 Å². The number of hydrogen-bond donors (Lipinski definition) is 2. The van der Waals surface area contributed by atoms with Gasteiger partial charge in [-0.1, -0.05) is 12.1 Å². The SMILES string of the molecule is Cc1ncc(N)cc1C(=O)Nc1ccccc1C#N. The summed E-state index contributed by atoms with van der Waals surface area (Å²) in [5, 5.41) is 11.7. The van der Waals surface area contributed by atoms with Gasteiger partial charge in [0.25, 0.3) is 5.91 Å². The molecule has 0 aliphatic rings. The van der Waals surface area contributed by atoms with Crippen LogP contribution in [0.15, 0.2) is 36.5 Å². The van der Waals surface area contributed by atoms with Crippen LogP contribution in [0.4, 0.5) is 11.4 Å². The van der Waals surface area contributed by atoms with Gasteiger partial charge in [-0.25, -0.2) is 0 Å². The lowest BCUT2D eigenvalue weighted by Gasteiger charge is -2.08. The second-order valence-corrected chi connectivity index (χ2v) is 4.01. The molecule has 19 heavy (non-hydrogen) atoms. The Morgan fingerprint density at radius 1 is 1.42 bits per heavy atom. The van der Waals surface area contributed by atoms with Gasteiger partial charge in [-0.05, 0) is 25.1 Å². The van der Waals surface area contributed by atoms with Crippen LogP contribution in [0, 0.1) is 18.3 Å². The smallest absolute Gasteiger partial charge is 0.257 e. The van der Waals surface area contributed by atoms with E-state index in [4.69, 9.17) is 11.0 Å². The summed E-state index contributed by atoms with van der Waals surface area (Å²) >= 11 is 0. The van der Waals surface area contributed by atoms with Gasteiger partial charge in [0.2, 0.25) is 0 Å². The third kappa shape index (κ3) is 2.69. The Hall–Kier alpha value is -2.87. The molecule has 1 heterocycles. The van der Waals surface area contributed by atoms with Gasteiger partial charge in [0, 0.05) is 0 Å². The van der Waals surface area contributed by atoms with Crippen molar-refractivity contribution in [1.82, 2.24) is 4.98 Å². The number of benzene rings is 1. The normalized spacial score (nSPS) is 9.68. The van der Waals surface area contributed by atoms with Crippen LogP contribution >= 0.6 is 0 Å². The molecular formula is C14H12N4O. The van der Waals surface area contributed by atoms with Crippen LogP contribution in [0.3, 0.4) is 0 Å². The van der Waals surface area contributed by atoms with Gasteiger partial charge in [-0.2, -0.15) is 5.26 Å². The zero-order chi connectivity index (χ0) is 13.8. The summed E-state index contributed by atoms with van der Waals surface area (Å²) in [6, 6.07) is 10.4. The molecule has 0 atom stereocenters. The summed E-state index contributed by atoms with van der Waals surface area (Å²) in [6.07, 6.45) is 1.50. The maximum atomic E-state index is 12.1. The number of carbonyl (C=O) groups excluding carboxylic acids is 1. The van der Waals surface area contributed by atoms with Gasteiger partial charge < -0.3 is 11.1 Å². The average Bonchev–Trinajstić information content (AvgIpc) is 2.42. The molecule has 5 nitrogen and oxygen atoms in total. The summed E-state index contributed by atoms with van der Waals surface area (Å²) in [6.45, 7) is 1.73. The van der Waals surface area contributed by atoms with E-state index in [-0.39, 0.29) is 5.91 Å². The molecule has 5 heteroatoms. The van der Waals surface area contributed by atoms with Gasteiger partial charge in [0.05, 0.1) is 34.4 Å². The highest BCUT2D eigenvalue weighted by atomic mass is 16.1. The molecule has 94 valence electrons. The molecule has 1 amide bonds. The molecule has 0 aliphatic carbocycles. The minimum atomic E-state index is -0.333. The number of nitrogens with zero attached hydrogens (tertiary/aromatic N) is 2. The quantitative estimate of drug-likeness (QED) is 0.856. The molecule has 0 spiro atoms. The molecule has 3 N–H and O–H groups in total. The number of nitrogens with two attached hydrogens (primary N) is 1. The van der Waals surface area contributed by atoms with Gasteiger partial charge in [-0.3, -0.25) is 9.78 Å². The first kappa shape index (κ1) is 12.6. The van der Waals surface area contributed by atoms with Crippen LogP contribution in [-0.2, 0) is 0 Å². The predicted molar refractivity (Wildman–Crippen MR) is 72.5 cm³/mol. The molecule has 0 unspecified atom stereocenters. The van der Waals surface area contributed by atoms with Crippen molar-refractivity contribution < 1.29 is 4.79 Å². The number of rotatable bonds is 2. The van der Waals surface area contributed by atoms with Gasteiger partial charge >= 0.3 is 0 Å². The molecule has 1 aromatic carbocycles. The van der Waals surface area contributed by atoms with E-state index < -0.39 is 0 Å². The molecule has 0 saturated heterocycles. The van der Waals surface area contributed by atoms with E-state index in [0.717, 1.165) is 0 Å². The third-order valence-electron chi connectivity index (χ3n) is 2.65. The van der Waals surface area contributed by atoms with Crippen molar-refractivity contribution in [2.24, 2.45) is 0 Å². The number of aromatic nitrogens is 1. The zero-order valence-electron chi connectivity index (χ0n) is 10.3. The first-order valence-electron chi connectivity index (χ1n) is 5.64. The van der Waals surface area contributed by atoms with E-state index >= 15 is 0 Å². The Morgan fingerprint density at radius 2 is 2.16 bits per heavy atom. The van der Waals surface area contributed by atoms with Crippen molar-refractivity contribution in [1.29, 1.82) is 5.26 Å². The van der Waals surface area contributed by atoms with Crippen LogP contribution in [0.25, 0.3) is 0 Å². The fourth-order valence-electron chi connectivity index (χ4n) is 1.66. The molecule has 1 aromatic heterocycles. The minimum absolute atomic E-state index is 0.333. The summed E-state index contributed by atoms with van der Waals surface area (Å²) in [7, 11) is 0. The van der Waals surface area contributed by atoms with Crippen LogP contribution < -0.4 is 11.1 Å². The second-order valence-electron chi connectivity index (χ2n) is 4.01. The number of anilines is 2. The molecule has 0 saturated carbocycles. The lowest BCUT2D eigenvalue weighted by molar-refractivity contribution is 0.102. The van der Waals surface area contributed by atoms with E-state index in [1.807, 2.05) is 6.07 Å². The Balaban J connectivity index is 2.31. The van der Waals surface area contributed by atoms with Crippen molar-refractivity contribution in [2.45, 2.75) is 6.92 Å². The first-order chi connectivity index (χ1) is 9.11. The Kier molecular flexibility index (Phi) is 3.44. The second kappa shape index (κ2) is 5.19. The number of aryl methyl sites for hydroxylation is 1. The summed E-state index contributed by atoms with van der Waals surface area (Å²) in [5.74, 6) is -0.333. The van der Waals surface area contributed by atoms with Gasteiger partial charge in [0.15, 0.2) is 0 Å². The average molecular weight is 252 g/mol. The van der Waals surface area contributed by atoms with Crippen LogP contribution in [0.2, 0.25) is 0 Å². The molecule has 2 rings (SSSR count). The Bertz CT molecular complexity index is 673. The Morgan fingerprint density at radius 3 is 2.89 bits per heavy atom. The minimum Gasteiger partial charge on any atom is -0.397 e. The van der Waals surface area contributed by atoms with E-state index in [2.05, 4.69) is 10.3 Å². The fraction of sp³-hybridized carbons (Fsp3) is 0.0714. The summed E-state index contributed by atoms with van der Waals surface area (Å²) in [4.78, 5) is 16.2. The number of nitriles is 1. The number of nitrogens with one attached hydrogen (secondary N) is 1. The lowest BCUT2D eigenvalue weighted by Crippen LogP contribution is -2.15. The highest BCUT2D eigenvalue weighted by molar-refractivity contribution is 6.06. The van der Waals surface area contributed by atoms with Gasteiger partial charge in [-0.15, -0.1) is 0 Å². The number of amides is 1. The van der Waals surface area contributed by atoms with Crippen molar-refractivity contribution >= 4 is 17.3 Å². The molecule has 0 bridgehead atoms. The van der Waals surface area contributed by atoms with Crippen molar-refractivity contribution in [3.05, 3.63) is 53.3 Å². The predicted octanol–water partition coefficient (Wildman–Crippen LogP) is 2.10. The lowest BCUT2D eigenvalue weighted by atomic mass is 10.1. The van der Waals surface area contributed by atoms with Crippen molar-refractivity contribution in [3.63, 3.8) is 0 Å². The number of carbonyl (C=O) groups is 1. The van der Waals surface area contributed by atoms with E-state index in [0.29, 0.717) is 28.2 Å². The number of para-hydroxylation sites is 1. The number of pyridine rings is 1. The summed E-state index contributed by atoms with van der Waals surface area (Å²) in [5.41, 5.74) is 7.90. The molecule has 0 radical (unpaired) electrons. The largest absolute Gasteiger partial charge is 0.397 e. The van der Waals surface area contributed by atoms with Crippen molar-refractivity contribution in [2.75, 3.05) is 11.1 Å². The highest BCUT2D eigenvalue weighted by Crippen LogP contribution is 2.16. The highest BCUT2D eigenvalue weighted by Gasteiger charge is 2.12. The van der Waals surface area contributed by atoms with Crippen LogP contribution in [0.5, 0.6) is 0 Å². The van der Waals surface area contributed by atoms with Crippen LogP contribution in [0.1, 0.15) is 21.6 Å². The number of nitrogen functional groups attached to an aromatic ring is 1. The summed E-state index contributed by atoms with van der Waals surface area (Å²) < 4.78 is 0. The standard InChI is InChI=1S/C14H12N4O/c1-9-12(6-11(16)8-17-9)14(19)18-13-5-3-2-4-10(13)7-15/h2-6,8H,16H2,1H3,(H,18,19). The zero-order valence-corrected chi connectivity index (χ0v) is 10.3. The van der Waals surface area contributed by atoms with Crippen molar-refractivity contribution in [3.8, 4) is 6.07 Å². The maximum absolute atomic E-state index is 12.1. The van der Waals surface area contributed by atoms with E-state index in [1.54, 1.807) is 37.3 Å². The molecular weight excluding hydrogens is 240 g/mol. The molecule has 2 aromatic rings. The van der Waals surface area contributed by atoms with Gasteiger partial charge in [0.1, 0.15) is 6.07 Å². The van der Waals surface area contributed by atoms with E-state index in [9.17, 15) is 4.79 Å². The van der Waals surface area contributed by atoms with E-state index in [1.165, 1.54) is 6.20 Å². The molecule has 0 fully saturated rings. The fourth-order valence-corrected chi connectivity index (χ4v) is 1.66. The maximum Gasteiger partial charge on any atom is 0.257 e. The number of hydrogen-bond acceptors (Lipinski definition) is 4. The third-order valence-corrected chi connectivity index (χ3v) is 2.65.